The number of fused-ring (bicyclic) bond motifs is 1. The molecule has 1 amide bonds. The number of likely N-dealkylation sites (tertiary alicyclic amines) is 1. The summed E-state index contributed by atoms with van der Waals surface area (Å²) in [6.07, 6.45) is 3.13. The minimum Gasteiger partial charge on any atom is -0.384 e. The van der Waals surface area contributed by atoms with E-state index in [1.165, 1.54) is 11.3 Å². The molecule has 2 aliphatic heterocycles. The van der Waals surface area contributed by atoms with E-state index >= 15 is 0 Å². The van der Waals surface area contributed by atoms with E-state index in [4.69, 9.17) is 4.74 Å². The molecule has 4 nitrogen and oxygen atoms in total. The molecule has 21 heavy (non-hydrogen) atoms. The van der Waals surface area contributed by atoms with Crippen molar-refractivity contribution >= 4 is 11.6 Å². The highest BCUT2D eigenvalue weighted by atomic mass is 16.5. The molecular weight excluding hydrogens is 264 g/mol. The quantitative estimate of drug-likeness (QED) is 0.928. The molecule has 2 heterocycles. The largest absolute Gasteiger partial charge is 0.384 e. The van der Waals surface area contributed by atoms with Crippen LogP contribution >= 0.6 is 0 Å². The van der Waals surface area contributed by atoms with E-state index in [1.807, 2.05) is 24.0 Å². The number of hydrogen-bond acceptors (Lipinski definition) is 3. The van der Waals surface area contributed by atoms with Crippen LogP contribution in [0.3, 0.4) is 0 Å². The number of carbonyl (C=O) groups is 1. The van der Waals surface area contributed by atoms with Crippen LogP contribution in [0.5, 0.6) is 0 Å². The molecule has 1 fully saturated rings. The van der Waals surface area contributed by atoms with Crippen molar-refractivity contribution in [2.45, 2.75) is 32.3 Å². The number of piperidine rings is 1. The van der Waals surface area contributed by atoms with Gasteiger partial charge in [0.05, 0.1) is 12.0 Å². The van der Waals surface area contributed by atoms with Crippen LogP contribution in [-0.4, -0.2) is 43.2 Å². The Balaban J connectivity index is 1.57. The predicted molar refractivity (Wildman–Crippen MR) is 83.4 cm³/mol. The summed E-state index contributed by atoms with van der Waals surface area (Å²) in [7, 11) is 0. The molecule has 1 aromatic carbocycles. The molecule has 1 saturated heterocycles. The van der Waals surface area contributed by atoms with E-state index < -0.39 is 0 Å². The number of rotatable bonds is 3. The Hall–Kier alpha value is -1.55. The minimum absolute atomic E-state index is 0.0727. The number of ether oxygens (including phenoxy) is 1. The molecule has 1 atom stereocenters. The van der Waals surface area contributed by atoms with Crippen molar-refractivity contribution in [2.24, 2.45) is 5.92 Å². The Morgan fingerprint density at radius 3 is 2.86 bits per heavy atom. The third-order valence-electron chi connectivity index (χ3n) is 4.53. The SMILES string of the molecule is CCOC1CCN(C(=O)C2CNc3ccccc3C2)CC1. The van der Waals surface area contributed by atoms with Crippen molar-refractivity contribution in [3.63, 3.8) is 0 Å². The second-order valence-electron chi connectivity index (χ2n) is 5.92. The maximum absolute atomic E-state index is 12.7. The fraction of sp³-hybridized carbons (Fsp3) is 0.588. The average molecular weight is 288 g/mol. The molecule has 3 rings (SSSR count). The molecule has 1 N–H and O–H groups in total. The van der Waals surface area contributed by atoms with Crippen molar-refractivity contribution in [3.8, 4) is 0 Å². The third kappa shape index (κ3) is 3.21. The Labute approximate surface area is 126 Å². The smallest absolute Gasteiger partial charge is 0.227 e. The van der Waals surface area contributed by atoms with Gasteiger partial charge in [-0.1, -0.05) is 18.2 Å². The number of nitrogens with zero attached hydrogens (tertiary/aromatic N) is 1. The van der Waals surface area contributed by atoms with Crippen LogP contribution in [0, 0.1) is 5.92 Å². The molecule has 0 bridgehead atoms. The summed E-state index contributed by atoms with van der Waals surface area (Å²) in [6.45, 7) is 5.22. The number of para-hydroxylation sites is 1. The van der Waals surface area contributed by atoms with Gasteiger partial charge in [-0.05, 0) is 37.8 Å². The molecule has 4 heteroatoms. The van der Waals surface area contributed by atoms with Crippen molar-refractivity contribution in [1.82, 2.24) is 4.90 Å². The van der Waals surface area contributed by atoms with Gasteiger partial charge < -0.3 is 15.0 Å². The minimum atomic E-state index is 0.0727. The number of anilines is 1. The number of hydrogen-bond donors (Lipinski definition) is 1. The van der Waals surface area contributed by atoms with Crippen LogP contribution in [0.4, 0.5) is 5.69 Å². The molecule has 0 saturated carbocycles. The first kappa shape index (κ1) is 14.4. The van der Waals surface area contributed by atoms with Gasteiger partial charge in [0.2, 0.25) is 5.91 Å². The second kappa shape index (κ2) is 6.48. The number of carbonyl (C=O) groups excluding carboxylic acids is 1. The zero-order chi connectivity index (χ0) is 14.7. The van der Waals surface area contributed by atoms with E-state index in [0.29, 0.717) is 12.0 Å². The normalized spacial score (nSPS) is 22.5. The number of benzene rings is 1. The summed E-state index contributed by atoms with van der Waals surface area (Å²) >= 11 is 0. The lowest BCUT2D eigenvalue weighted by Crippen LogP contribution is -2.46. The first-order chi connectivity index (χ1) is 10.3. The van der Waals surface area contributed by atoms with E-state index in [9.17, 15) is 4.79 Å². The summed E-state index contributed by atoms with van der Waals surface area (Å²) in [5.41, 5.74) is 2.43. The summed E-state index contributed by atoms with van der Waals surface area (Å²) in [4.78, 5) is 14.7. The highest BCUT2D eigenvalue weighted by molar-refractivity contribution is 5.81. The van der Waals surface area contributed by atoms with Crippen LogP contribution in [0.15, 0.2) is 24.3 Å². The summed E-state index contributed by atoms with van der Waals surface area (Å²) in [6, 6.07) is 8.28. The van der Waals surface area contributed by atoms with Gasteiger partial charge in [0.25, 0.3) is 0 Å². The van der Waals surface area contributed by atoms with Gasteiger partial charge in [-0.15, -0.1) is 0 Å². The molecular formula is C17H24N2O2. The van der Waals surface area contributed by atoms with Gasteiger partial charge in [0, 0.05) is 31.9 Å². The lowest BCUT2D eigenvalue weighted by molar-refractivity contribution is -0.137. The zero-order valence-electron chi connectivity index (χ0n) is 12.7. The molecule has 0 aliphatic carbocycles. The fourth-order valence-corrected chi connectivity index (χ4v) is 3.35. The van der Waals surface area contributed by atoms with Crippen molar-refractivity contribution < 1.29 is 9.53 Å². The van der Waals surface area contributed by atoms with Crippen LogP contribution in [0.2, 0.25) is 0 Å². The predicted octanol–water partition coefficient (Wildman–Crippen LogP) is 2.30. The third-order valence-corrected chi connectivity index (χ3v) is 4.53. The molecule has 2 aliphatic rings. The Morgan fingerprint density at radius 1 is 1.33 bits per heavy atom. The summed E-state index contributed by atoms with van der Waals surface area (Å²) in [5, 5.41) is 3.39. The zero-order valence-corrected chi connectivity index (χ0v) is 12.7. The molecule has 0 aromatic heterocycles. The molecule has 114 valence electrons. The standard InChI is InChI=1S/C17H24N2O2/c1-2-21-15-7-9-19(10-8-15)17(20)14-11-13-5-3-4-6-16(13)18-12-14/h3-6,14-15,18H,2,7-12H2,1H3. The van der Waals surface area contributed by atoms with E-state index in [0.717, 1.165) is 45.5 Å². The van der Waals surface area contributed by atoms with Crippen LogP contribution < -0.4 is 5.32 Å². The highest BCUT2D eigenvalue weighted by Crippen LogP contribution is 2.26. The van der Waals surface area contributed by atoms with Crippen molar-refractivity contribution in [2.75, 3.05) is 31.6 Å². The van der Waals surface area contributed by atoms with Crippen molar-refractivity contribution in [3.05, 3.63) is 29.8 Å². The van der Waals surface area contributed by atoms with E-state index in [-0.39, 0.29) is 5.92 Å². The second-order valence-corrected chi connectivity index (χ2v) is 5.92. The maximum Gasteiger partial charge on any atom is 0.227 e. The lowest BCUT2D eigenvalue weighted by Gasteiger charge is -2.35. The summed E-state index contributed by atoms with van der Waals surface area (Å²) < 4.78 is 5.65. The Bertz CT molecular complexity index is 495. The first-order valence-electron chi connectivity index (χ1n) is 8.00. The average Bonchev–Trinajstić information content (AvgIpc) is 2.55. The van der Waals surface area contributed by atoms with Gasteiger partial charge in [-0.3, -0.25) is 4.79 Å². The van der Waals surface area contributed by atoms with Crippen LogP contribution in [-0.2, 0) is 16.0 Å². The number of amides is 1. The monoisotopic (exact) mass is 288 g/mol. The molecule has 1 aromatic rings. The molecule has 0 radical (unpaired) electrons. The Morgan fingerprint density at radius 2 is 2.10 bits per heavy atom. The van der Waals surface area contributed by atoms with Gasteiger partial charge >= 0.3 is 0 Å². The topological polar surface area (TPSA) is 41.6 Å². The maximum atomic E-state index is 12.7. The number of nitrogens with one attached hydrogen (secondary N) is 1. The van der Waals surface area contributed by atoms with Crippen LogP contribution in [0.1, 0.15) is 25.3 Å². The van der Waals surface area contributed by atoms with Gasteiger partial charge in [0.15, 0.2) is 0 Å². The van der Waals surface area contributed by atoms with Gasteiger partial charge in [-0.2, -0.15) is 0 Å². The molecule has 1 unspecified atom stereocenters. The van der Waals surface area contributed by atoms with Crippen molar-refractivity contribution in [1.29, 1.82) is 0 Å². The first-order valence-corrected chi connectivity index (χ1v) is 8.00. The molecule has 0 spiro atoms. The van der Waals surface area contributed by atoms with Crippen LogP contribution in [0.25, 0.3) is 0 Å². The van der Waals surface area contributed by atoms with Gasteiger partial charge in [-0.25, -0.2) is 0 Å². The van der Waals surface area contributed by atoms with Gasteiger partial charge in [0.1, 0.15) is 0 Å². The highest BCUT2D eigenvalue weighted by Gasteiger charge is 2.30. The summed E-state index contributed by atoms with van der Waals surface area (Å²) in [5.74, 6) is 0.371. The Kier molecular flexibility index (Phi) is 4.44. The fourth-order valence-electron chi connectivity index (χ4n) is 3.35. The van der Waals surface area contributed by atoms with E-state index in [1.54, 1.807) is 0 Å². The lowest BCUT2D eigenvalue weighted by atomic mass is 9.92. The van der Waals surface area contributed by atoms with E-state index in [2.05, 4.69) is 17.4 Å².